The van der Waals surface area contributed by atoms with E-state index in [1.54, 1.807) is 10.8 Å². The number of nitrogens with zero attached hydrogens (tertiary/aromatic N) is 3. The van der Waals surface area contributed by atoms with Crippen molar-refractivity contribution < 1.29 is 9.34 Å². The summed E-state index contributed by atoms with van der Waals surface area (Å²) in [4.78, 5) is 0. The standard InChI is InChI=1S/C8H14BN4O/c1-3-8-7-13(11-12(8)2)5-4-6-14-9-10/h3,7,10H,1,4-6H2,2H3/q+1. The van der Waals surface area contributed by atoms with Crippen molar-refractivity contribution in [3.63, 3.8) is 0 Å². The fourth-order valence-electron chi connectivity index (χ4n) is 1.15. The van der Waals surface area contributed by atoms with Gasteiger partial charge in [0.15, 0.2) is 0 Å². The average molecular weight is 193 g/mol. The summed E-state index contributed by atoms with van der Waals surface area (Å²) in [5.74, 6) is 0. The first-order valence-corrected chi connectivity index (χ1v) is 4.44. The van der Waals surface area contributed by atoms with Crippen LogP contribution in [0.25, 0.3) is 6.08 Å². The maximum atomic E-state index is 6.67. The third-order valence-electron chi connectivity index (χ3n) is 1.85. The van der Waals surface area contributed by atoms with Crippen LogP contribution in [0.5, 0.6) is 0 Å². The molecule has 0 aliphatic rings. The molecule has 1 heterocycles. The predicted molar refractivity (Wildman–Crippen MR) is 52.5 cm³/mol. The molecule has 0 unspecified atom stereocenters. The van der Waals surface area contributed by atoms with Crippen molar-refractivity contribution in [2.45, 2.75) is 13.0 Å². The molecule has 0 atom stereocenters. The van der Waals surface area contributed by atoms with Gasteiger partial charge in [-0.3, -0.25) is 0 Å². The van der Waals surface area contributed by atoms with Crippen LogP contribution in [0.2, 0.25) is 0 Å². The molecule has 0 aliphatic carbocycles. The Morgan fingerprint density at radius 2 is 2.64 bits per heavy atom. The molecule has 0 aliphatic heterocycles. The van der Waals surface area contributed by atoms with E-state index in [2.05, 4.69) is 11.8 Å². The molecule has 74 valence electrons. The van der Waals surface area contributed by atoms with Crippen molar-refractivity contribution in [3.05, 3.63) is 18.5 Å². The van der Waals surface area contributed by atoms with Gasteiger partial charge >= 0.3 is 83.0 Å². The van der Waals surface area contributed by atoms with E-state index in [0.717, 1.165) is 25.9 Å². The quantitative estimate of drug-likeness (QED) is 0.396. The van der Waals surface area contributed by atoms with Gasteiger partial charge in [-0.15, -0.1) is 0 Å². The molecule has 6 heteroatoms. The van der Waals surface area contributed by atoms with Crippen LogP contribution in [0.4, 0.5) is 0 Å². The summed E-state index contributed by atoms with van der Waals surface area (Å²) >= 11 is 0. The predicted octanol–water partition coefficient (Wildman–Crippen LogP) is 0.139. The summed E-state index contributed by atoms with van der Waals surface area (Å²) in [6, 6.07) is 0. The van der Waals surface area contributed by atoms with E-state index in [4.69, 9.17) is 9.97 Å². The van der Waals surface area contributed by atoms with Gasteiger partial charge in [-0.05, 0) is 0 Å². The third kappa shape index (κ3) is 2.79. The van der Waals surface area contributed by atoms with Crippen LogP contribution >= 0.6 is 0 Å². The Balaban J connectivity index is 2.43. The summed E-state index contributed by atoms with van der Waals surface area (Å²) in [5.41, 5.74) is 0.984. The Labute approximate surface area is 83.8 Å². The van der Waals surface area contributed by atoms with E-state index in [0.29, 0.717) is 6.61 Å². The molecular weight excluding hydrogens is 179 g/mol. The van der Waals surface area contributed by atoms with Crippen LogP contribution in [-0.4, -0.2) is 23.8 Å². The zero-order valence-electron chi connectivity index (χ0n) is 8.31. The van der Waals surface area contributed by atoms with E-state index in [-0.39, 0.29) is 0 Å². The maximum absolute atomic E-state index is 6.67. The van der Waals surface area contributed by atoms with Gasteiger partial charge < -0.3 is 0 Å². The van der Waals surface area contributed by atoms with Crippen LogP contribution in [0, 0.1) is 5.31 Å². The van der Waals surface area contributed by atoms with E-state index in [9.17, 15) is 0 Å². The van der Waals surface area contributed by atoms with Gasteiger partial charge in [-0.25, -0.2) is 0 Å². The van der Waals surface area contributed by atoms with Gasteiger partial charge in [0.1, 0.15) is 0 Å². The van der Waals surface area contributed by atoms with Gasteiger partial charge in [-0.1, -0.05) is 0 Å². The van der Waals surface area contributed by atoms with Gasteiger partial charge in [0.2, 0.25) is 0 Å². The second kappa shape index (κ2) is 5.31. The molecular formula is C8H14BN4O+. The monoisotopic (exact) mass is 193 g/mol. The Morgan fingerprint density at radius 1 is 1.86 bits per heavy atom. The van der Waals surface area contributed by atoms with Gasteiger partial charge in [-0.2, -0.15) is 0 Å². The normalized spacial score (nSPS) is 9.50. The van der Waals surface area contributed by atoms with Crippen molar-refractivity contribution in [2.24, 2.45) is 7.05 Å². The molecule has 0 bridgehead atoms. The zero-order chi connectivity index (χ0) is 10.4. The number of rotatable bonds is 6. The number of hydrogen-bond acceptors (Lipinski definition) is 3. The fraction of sp³-hybridized carbons (Fsp3) is 0.500. The minimum absolute atomic E-state index is 0.552. The SMILES string of the molecule is C=Cc1c[n+](CCCOB=N)nn1C. The molecule has 0 saturated heterocycles. The number of aromatic nitrogens is 3. The number of aryl methyl sites for hydroxylation is 2. The summed E-state index contributed by atoms with van der Waals surface area (Å²) in [5, 5.41) is 10.9. The second-order valence-electron chi connectivity index (χ2n) is 2.88. The van der Waals surface area contributed by atoms with Crippen molar-refractivity contribution in [3.8, 4) is 0 Å². The first kappa shape index (κ1) is 10.6. The van der Waals surface area contributed by atoms with Crippen LogP contribution in [0.15, 0.2) is 12.8 Å². The summed E-state index contributed by atoms with van der Waals surface area (Å²) in [7, 11) is 2.83. The molecule has 0 spiro atoms. The van der Waals surface area contributed by atoms with Crippen LogP contribution in [-0.2, 0) is 18.2 Å². The summed E-state index contributed by atoms with van der Waals surface area (Å²) in [6.45, 7) is 5.03. The Hall–Kier alpha value is -1.46. The van der Waals surface area contributed by atoms with E-state index in [1.165, 1.54) is 0 Å². The first-order valence-electron chi connectivity index (χ1n) is 4.44. The average Bonchev–Trinajstić information content (AvgIpc) is 2.54. The molecule has 14 heavy (non-hydrogen) atoms. The Bertz CT molecular complexity index is 323. The van der Waals surface area contributed by atoms with Gasteiger partial charge in [0, 0.05) is 0 Å². The van der Waals surface area contributed by atoms with Crippen LogP contribution < -0.4 is 4.68 Å². The molecule has 0 aromatic carbocycles. The van der Waals surface area contributed by atoms with Crippen LogP contribution in [0.1, 0.15) is 12.1 Å². The third-order valence-corrected chi connectivity index (χ3v) is 1.85. The van der Waals surface area contributed by atoms with Crippen LogP contribution in [0.3, 0.4) is 0 Å². The van der Waals surface area contributed by atoms with Crippen molar-refractivity contribution in [1.82, 2.24) is 9.90 Å². The van der Waals surface area contributed by atoms with Crippen molar-refractivity contribution in [1.29, 1.82) is 5.31 Å². The first-order chi connectivity index (χ1) is 6.77. The molecule has 1 aromatic heterocycles. The zero-order valence-corrected chi connectivity index (χ0v) is 8.31. The van der Waals surface area contributed by atoms with Crippen molar-refractivity contribution >= 4 is 13.4 Å². The fourth-order valence-corrected chi connectivity index (χ4v) is 1.15. The summed E-state index contributed by atoms with van der Waals surface area (Å²) < 4.78 is 8.40. The van der Waals surface area contributed by atoms with Gasteiger partial charge in [0.05, 0.1) is 0 Å². The molecule has 0 radical (unpaired) electrons. The summed E-state index contributed by atoms with van der Waals surface area (Å²) in [6.07, 6.45) is 4.53. The van der Waals surface area contributed by atoms with Crippen molar-refractivity contribution in [2.75, 3.05) is 6.61 Å². The second-order valence-corrected chi connectivity index (χ2v) is 2.88. The topological polar surface area (TPSA) is 54.8 Å². The molecule has 5 nitrogen and oxygen atoms in total. The molecule has 1 rings (SSSR count). The van der Waals surface area contributed by atoms with E-state index in [1.807, 2.05) is 17.9 Å². The molecule has 0 amide bonds. The Kier molecular flexibility index (Phi) is 4.03. The van der Waals surface area contributed by atoms with Gasteiger partial charge in [0.25, 0.3) is 0 Å². The Morgan fingerprint density at radius 3 is 3.21 bits per heavy atom. The minimum atomic E-state index is 0.552. The molecule has 0 fully saturated rings. The van der Waals surface area contributed by atoms with E-state index < -0.39 is 0 Å². The molecule has 1 N–H and O–H groups in total. The molecule has 0 saturated carbocycles. The molecule has 1 aromatic rings. The number of hydrogen-bond donors (Lipinski definition) is 1. The number of nitrogens with one attached hydrogen (secondary N) is 1. The van der Waals surface area contributed by atoms with E-state index >= 15 is 0 Å².